The molecule has 0 spiro atoms. The van der Waals surface area contributed by atoms with Crippen molar-refractivity contribution < 1.29 is 22.3 Å². The summed E-state index contributed by atoms with van der Waals surface area (Å²) in [5.74, 6) is 0.745. The highest BCUT2D eigenvalue weighted by atomic mass is 32.2. The number of aryl methyl sites for hydroxylation is 1. The molecule has 0 fully saturated rings. The van der Waals surface area contributed by atoms with Crippen molar-refractivity contribution in [3.05, 3.63) is 53.8 Å². The van der Waals surface area contributed by atoms with Crippen LogP contribution in [0.3, 0.4) is 0 Å². The molecule has 0 atom stereocenters. The summed E-state index contributed by atoms with van der Waals surface area (Å²) in [6, 6.07) is 10.7. The van der Waals surface area contributed by atoms with Crippen molar-refractivity contribution in [1.29, 1.82) is 0 Å². The van der Waals surface area contributed by atoms with E-state index in [0.717, 1.165) is 10.4 Å². The van der Waals surface area contributed by atoms with Gasteiger partial charge in [-0.15, -0.1) is 0 Å². The van der Waals surface area contributed by atoms with Gasteiger partial charge in [-0.25, -0.2) is 12.8 Å². The fourth-order valence-corrected chi connectivity index (χ4v) is 3.49. The minimum Gasteiger partial charge on any atom is -0.497 e. The normalized spacial score (nSPS) is 11.5. The highest BCUT2D eigenvalue weighted by Gasteiger charge is 2.23. The lowest BCUT2D eigenvalue weighted by Gasteiger charge is -2.19. The van der Waals surface area contributed by atoms with Crippen LogP contribution in [0.5, 0.6) is 11.5 Å². The maximum atomic E-state index is 13.4. The molecule has 0 saturated carbocycles. The van der Waals surface area contributed by atoms with Gasteiger partial charge in [0.05, 0.1) is 12.0 Å². The van der Waals surface area contributed by atoms with E-state index in [-0.39, 0.29) is 18.0 Å². The van der Waals surface area contributed by atoms with Gasteiger partial charge in [0.1, 0.15) is 23.9 Å². The molecule has 0 heterocycles. The van der Waals surface area contributed by atoms with Crippen molar-refractivity contribution in [2.24, 2.45) is 0 Å². The first-order chi connectivity index (χ1) is 11.3. The van der Waals surface area contributed by atoms with E-state index in [2.05, 4.69) is 0 Å². The van der Waals surface area contributed by atoms with Crippen LogP contribution in [0.2, 0.25) is 0 Å². The molecule has 0 radical (unpaired) electrons. The lowest BCUT2D eigenvalue weighted by Crippen LogP contribution is -2.31. The van der Waals surface area contributed by atoms with Gasteiger partial charge >= 0.3 is 0 Å². The maximum Gasteiger partial charge on any atom is 0.243 e. The summed E-state index contributed by atoms with van der Waals surface area (Å²) in [4.78, 5) is -0.0329. The highest BCUT2D eigenvalue weighted by Crippen LogP contribution is 2.20. The Hall–Kier alpha value is -2.12. The topological polar surface area (TPSA) is 55.8 Å². The van der Waals surface area contributed by atoms with Crippen molar-refractivity contribution in [3.8, 4) is 11.5 Å². The summed E-state index contributed by atoms with van der Waals surface area (Å²) in [5.41, 5.74) is 0.499. The maximum absolute atomic E-state index is 13.4. The molecule has 0 aromatic heterocycles. The zero-order valence-electron chi connectivity index (χ0n) is 13.8. The number of methoxy groups -OCH3 is 1. The van der Waals surface area contributed by atoms with Crippen LogP contribution in [0.25, 0.3) is 0 Å². The van der Waals surface area contributed by atoms with E-state index in [1.54, 1.807) is 38.3 Å². The Morgan fingerprint density at radius 2 is 1.71 bits per heavy atom. The van der Waals surface area contributed by atoms with Crippen molar-refractivity contribution in [2.75, 3.05) is 27.3 Å². The molecule has 0 unspecified atom stereocenters. The van der Waals surface area contributed by atoms with Crippen LogP contribution in [-0.2, 0) is 10.0 Å². The molecule has 24 heavy (non-hydrogen) atoms. The molecule has 2 aromatic carbocycles. The molecule has 0 aliphatic carbocycles. The zero-order chi connectivity index (χ0) is 17.7. The molecular weight excluding hydrogens is 333 g/mol. The van der Waals surface area contributed by atoms with Gasteiger partial charge in [0.2, 0.25) is 10.0 Å². The first kappa shape index (κ1) is 18.2. The molecule has 0 saturated heterocycles. The molecule has 0 bridgehead atoms. The Labute approximate surface area is 141 Å². The fraction of sp³-hybridized carbons (Fsp3) is 0.294. The van der Waals surface area contributed by atoms with E-state index in [1.807, 2.05) is 0 Å². The van der Waals surface area contributed by atoms with Gasteiger partial charge in [-0.3, -0.25) is 0 Å². The van der Waals surface area contributed by atoms with Crippen molar-refractivity contribution in [3.63, 3.8) is 0 Å². The molecule has 7 heteroatoms. The van der Waals surface area contributed by atoms with Gasteiger partial charge in [-0.1, -0.05) is 6.07 Å². The lowest BCUT2D eigenvalue weighted by atomic mass is 10.2. The minimum atomic E-state index is -3.76. The number of hydrogen-bond donors (Lipinski definition) is 0. The zero-order valence-corrected chi connectivity index (χ0v) is 14.6. The van der Waals surface area contributed by atoms with E-state index < -0.39 is 15.8 Å². The van der Waals surface area contributed by atoms with E-state index in [9.17, 15) is 12.8 Å². The third-order valence-corrected chi connectivity index (χ3v) is 5.57. The summed E-state index contributed by atoms with van der Waals surface area (Å²) in [6.07, 6.45) is 0. The standard InChI is InChI=1S/C17H20FNO4S/c1-13-4-5-14(18)12-17(13)24(20,21)19(2)10-11-23-16-8-6-15(22-3)7-9-16/h4-9,12H,10-11H2,1-3H3. The molecule has 5 nitrogen and oxygen atoms in total. The lowest BCUT2D eigenvalue weighted by molar-refractivity contribution is 0.286. The summed E-state index contributed by atoms with van der Waals surface area (Å²) >= 11 is 0. The number of likely N-dealkylation sites (N-methyl/N-ethyl adjacent to an activating group) is 1. The van der Waals surface area contributed by atoms with Crippen LogP contribution >= 0.6 is 0 Å². The SMILES string of the molecule is COc1ccc(OCCN(C)S(=O)(=O)c2cc(F)ccc2C)cc1. The molecule has 130 valence electrons. The second-order valence-corrected chi connectivity index (χ2v) is 7.27. The van der Waals surface area contributed by atoms with E-state index in [1.165, 1.54) is 19.2 Å². The Kier molecular flexibility index (Phi) is 5.80. The van der Waals surface area contributed by atoms with Crippen LogP contribution in [-0.4, -0.2) is 40.0 Å². The van der Waals surface area contributed by atoms with E-state index in [0.29, 0.717) is 17.1 Å². The second kappa shape index (κ2) is 7.63. The largest absolute Gasteiger partial charge is 0.497 e. The number of rotatable bonds is 7. The Morgan fingerprint density at radius 1 is 1.08 bits per heavy atom. The van der Waals surface area contributed by atoms with Gasteiger partial charge in [0, 0.05) is 13.6 Å². The Balaban J connectivity index is 2.00. The molecule has 0 amide bonds. The summed E-state index contributed by atoms with van der Waals surface area (Å²) < 4.78 is 50.1. The third kappa shape index (κ3) is 4.24. The average molecular weight is 353 g/mol. The quantitative estimate of drug-likeness (QED) is 0.768. The van der Waals surface area contributed by atoms with Crippen LogP contribution in [0, 0.1) is 12.7 Å². The predicted octanol–water partition coefficient (Wildman–Crippen LogP) is 2.84. The average Bonchev–Trinajstić information content (AvgIpc) is 2.57. The number of sulfonamides is 1. The van der Waals surface area contributed by atoms with Gasteiger partial charge in [-0.2, -0.15) is 4.31 Å². The van der Waals surface area contributed by atoms with Gasteiger partial charge in [0.15, 0.2) is 0 Å². The number of benzene rings is 2. The van der Waals surface area contributed by atoms with E-state index >= 15 is 0 Å². The first-order valence-electron chi connectivity index (χ1n) is 7.34. The van der Waals surface area contributed by atoms with Crippen LogP contribution in [0.4, 0.5) is 4.39 Å². The number of halogens is 1. The summed E-state index contributed by atoms with van der Waals surface area (Å²) in [5, 5.41) is 0. The number of hydrogen-bond acceptors (Lipinski definition) is 4. The summed E-state index contributed by atoms with van der Waals surface area (Å²) in [7, 11) is -0.749. The monoisotopic (exact) mass is 353 g/mol. The van der Waals surface area contributed by atoms with E-state index in [4.69, 9.17) is 9.47 Å². The minimum absolute atomic E-state index is 0.0329. The molecule has 2 rings (SSSR count). The Bertz CT molecular complexity index is 791. The fourth-order valence-electron chi connectivity index (χ4n) is 2.10. The smallest absolute Gasteiger partial charge is 0.243 e. The highest BCUT2D eigenvalue weighted by molar-refractivity contribution is 7.89. The van der Waals surface area contributed by atoms with Crippen LogP contribution in [0.15, 0.2) is 47.4 Å². The van der Waals surface area contributed by atoms with Crippen LogP contribution in [0.1, 0.15) is 5.56 Å². The third-order valence-electron chi connectivity index (χ3n) is 3.57. The summed E-state index contributed by atoms with van der Waals surface area (Å²) in [6.45, 7) is 1.95. The molecule has 0 aliphatic rings. The molecule has 0 aliphatic heterocycles. The number of ether oxygens (including phenoxy) is 2. The van der Waals surface area contributed by atoms with Gasteiger partial charge < -0.3 is 9.47 Å². The van der Waals surface area contributed by atoms with Gasteiger partial charge in [-0.05, 0) is 48.9 Å². The molecule has 0 N–H and O–H groups in total. The molecule has 2 aromatic rings. The predicted molar refractivity (Wildman–Crippen MR) is 89.4 cm³/mol. The van der Waals surface area contributed by atoms with Crippen molar-refractivity contribution in [2.45, 2.75) is 11.8 Å². The van der Waals surface area contributed by atoms with Crippen molar-refractivity contribution in [1.82, 2.24) is 4.31 Å². The first-order valence-corrected chi connectivity index (χ1v) is 8.78. The van der Waals surface area contributed by atoms with Gasteiger partial charge in [0.25, 0.3) is 0 Å². The second-order valence-electron chi connectivity index (χ2n) is 5.26. The van der Waals surface area contributed by atoms with Crippen molar-refractivity contribution >= 4 is 10.0 Å². The molecular formula is C17H20FNO4S. The number of nitrogens with zero attached hydrogens (tertiary/aromatic N) is 1. The Morgan fingerprint density at radius 3 is 2.33 bits per heavy atom. The van der Waals surface area contributed by atoms with Crippen LogP contribution < -0.4 is 9.47 Å².